The summed E-state index contributed by atoms with van der Waals surface area (Å²) in [5.41, 5.74) is 2.15. The number of nitrogens with zero attached hydrogens (tertiary/aromatic N) is 3. The lowest BCUT2D eigenvalue weighted by Gasteiger charge is -2.11. The van der Waals surface area contributed by atoms with Gasteiger partial charge in [-0.2, -0.15) is 32.3 Å². The van der Waals surface area contributed by atoms with Crippen LogP contribution in [-0.2, 0) is 11.5 Å². The summed E-state index contributed by atoms with van der Waals surface area (Å²) in [6, 6.07) is 4.02. The van der Waals surface area contributed by atoms with Crippen molar-refractivity contribution in [3.63, 3.8) is 0 Å². The maximum absolute atomic E-state index is 10.7. The third-order valence-corrected chi connectivity index (χ3v) is 6.02. The van der Waals surface area contributed by atoms with E-state index in [9.17, 15) is 10.1 Å². The number of aromatic nitrogens is 2. The summed E-state index contributed by atoms with van der Waals surface area (Å²) < 4.78 is 8.49. The monoisotopic (exact) mass is 417 g/mol. The quantitative estimate of drug-likeness (QED) is 0.292. The smallest absolute Gasteiger partial charge is 0.274 e. The first kappa shape index (κ1) is 20.0. The zero-order valence-electron chi connectivity index (χ0n) is 13.4. The van der Waals surface area contributed by atoms with Gasteiger partial charge in [0.05, 0.1) is 16.3 Å². The van der Waals surface area contributed by atoms with E-state index in [2.05, 4.69) is 19.4 Å². The van der Waals surface area contributed by atoms with E-state index in [0.29, 0.717) is 18.9 Å². The van der Waals surface area contributed by atoms with E-state index in [0.717, 1.165) is 40.6 Å². The Balaban J connectivity index is 1.58. The molecule has 2 rings (SSSR count). The Kier molecular flexibility index (Phi) is 9.70. The zero-order valence-corrected chi connectivity index (χ0v) is 16.7. The van der Waals surface area contributed by atoms with Crippen molar-refractivity contribution >= 4 is 46.6 Å². The zero-order chi connectivity index (χ0) is 17.7. The van der Waals surface area contributed by atoms with Crippen LogP contribution in [0.1, 0.15) is 11.4 Å². The average molecular weight is 418 g/mol. The molecule has 136 valence electrons. The average Bonchev–Trinajstić information content (AvgIpc) is 3.27. The van der Waals surface area contributed by atoms with Crippen molar-refractivity contribution < 1.29 is 4.92 Å². The molecule has 0 spiro atoms. The Morgan fingerprint density at radius 3 is 2.00 bits per heavy atom. The Hall–Kier alpha value is -1.30. The van der Waals surface area contributed by atoms with E-state index in [1.54, 1.807) is 23.5 Å². The molecule has 0 amide bonds. The molecule has 2 N–H and O–H groups in total. The Morgan fingerprint density at radius 2 is 1.60 bits per heavy atom. The van der Waals surface area contributed by atoms with Crippen molar-refractivity contribution in [3.05, 3.63) is 56.4 Å². The lowest BCUT2D eigenvalue weighted by molar-refractivity contribution is -0.404. The second kappa shape index (κ2) is 12.1. The predicted molar refractivity (Wildman–Crippen MR) is 108 cm³/mol. The van der Waals surface area contributed by atoms with Crippen molar-refractivity contribution in [2.75, 3.05) is 24.6 Å². The molecule has 0 saturated carbocycles. The number of thioether (sulfide) groups is 2. The second-order valence-electron chi connectivity index (χ2n) is 4.77. The van der Waals surface area contributed by atoms with Gasteiger partial charge in [-0.05, 0) is 35.2 Å². The normalized spacial score (nSPS) is 10.4. The van der Waals surface area contributed by atoms with Gasteiger partial charge in [0, 0.05) is 46.9 Å². The number of nitro groups is 1. The largest absolute Gasteiger partial charge is 0.366 e. The molecule has 0 aliphatic heterocycles. The molecule has 2 aromatic heterocycles. The highest BCUT2D eigenvalue weighted by molar-refractivity contribution is 7.98. The molecule has 0 unspecified atom stereocenters. The Morgan fingerprint density at radius 1 is 1.08 bits per heavy atom. The lowest BCUT2D eigenvalue weighted by Crippen LogP contribution is -2.30. The fraction of sp³-hybridized carbons (Fsp3) is 0.429. The van der Waals surface area contributed by atoms with Crippen molar-refractivity contribution in [3.8, 4) is 0 Å². The molecule has 0 saturated heterocycles. The van der Waals surface area contributed by atoms with Crippen LogP contribution in [0.2, 0.25) is 0 Å². The number of hydrogen-bond donors (Lipinski definition) is 2. The second-order valence-corrected chi connectivity index (χ2v) is 8.31. The SMILES string of the molecule is O=[N+]([O-])C=C(NCCSCc1ccsn1)NCCSCc1ccsn1. The van der Waals surface area contributed by atoms with Crippen LogP contribution in [-0.4, -0.2) is 38.3 Å². The molecule has 0 fully saturated rings. The van der Waals surface area contributed by atoms with Crippen LogP contribution in [0.5, 0.6) is 0 Å². The molecule has 0 aromatic carbocycles. The van der Waals surface area contributed by atoms with Gasteiger partial charge < -0.3 is 10.6 Å². The minimum absolute atomic E-state index is 0.444. The molecule has 0 aliphatic carbocycles. The molecular weight excluding hydrogens is 398 g/mol. The number of nitrogens with one attached hydrogen (secondary N) is 2. The van der Waals surface area contributed by atoms with Crippen LogP contribution in [0.4, 0.5) is 0 Å². The third kappa shape index (κ3) is 9.10. The third-order valence-electron chi connectivity index (χ3n) is 2.84. The molecule has 0 atom stereocenters. The van der Waals surface area contributed by atoms with Gasteiger partial charge >= 0.3 is 0 Å². The van der Waals surface area contributed by atoms with E-state index in [1.165, 1.54) is 23.1 Å². The van der Waals surface area contributed by atoms with Gasteiger partial charge in [-0.15, -0.1) is 0 Å². The highest BCUT2D eigenvalue weighted by Crippen LogP contribution is 2.11. The van der Waals surface area contributed by atoms with Crippen molar-refractivity contribution in [1.82, 2.24) is 19.4 Å². The first-order valence-electron chi connectivity index (χ1n) is 7.51. The van der Waals surface area contributed by atoms with Crippen molar-refractivity contribution in [2.24, 2.45) is 0 Å². The maximum Gasteiger partial charge on any atom is 0.274 e. The number of rotatable bonds is 13. The molecule has 7 nitrogen and oxygen atoms in total. The molecule has 25 heavy (non-hydrogen) atoms. The summed E-state index contributed by atoms with van der Waals surface area (Å²) in [5.74, 6) is 3.88. The van der Waals surface area contributed by atoms with Gasteiger partial charge in [-0.3, -0.25) is 10.1 Å². The minimum Gasteiger partial charge on any atom is -0.366 e. The van der Waals surface area contributed by atoms with Crippen molar-refractivity contribution in [2.45, 2.75) is 11.5 Å². The van der Waals surface area contributed by atoms with Crippen LogP contribution >= 0.6 is 46.6 Å². The fourth-order valence-electron chi connectivity index (χ4n) is 1.75. The summed E-state index contributed by atoms with van der Waals surface area (Å²) in [5, 5.41) is 20.8. The van der Waals surface area contributed by atoms with Gasteiger partial charge in [-0.25, -0.2) is 0 Å². The highest BCUT2D eigenvalue weighted by Gasteiger charge is 2.03. The van der Waals surface area contributed by atoms with Crippen LogP contribution < -0.4 is 10.6 Å². The molecule has 2 heterocycles. The molecule has 0 aliphatic rings. The van der Waals surface area contributed by atoms with E-state index >= 15 is 0 Å². The van der Waals surface area contributed by atoms with Gasteiger partial charge in [0.15, 0.2) is 5.82 Å². The summed E-state index contributed by atoms with van der Waals surface area (Å²) in [6.45, 7) is 1.32. The van der Waals surface area contributed by atoms with Crippen molar-refractivity contribution in [1.29, 1.82) is 0 Å². The van der Waals surface area contributed by atoms with Gasteiger partial charge in [0.2, 0.25) is 0 Å². The Bertz CT molecular complexity index is 587. The molecule has 2 aromatic rings. The van der Waals surface area contributed by atoms with Crippen LogP contribution in [0.3, 0.4) is 0 Å². The predicted octanol–water partition coefficient (Wildman–Crippen LogP) is 3.02. The van der Waals surface area contributed by atoms with Crippen LogP contribution in [0, 0.1) is 10.1 Å². The van der Waals surface area contributed by atoms with E-state index in [-0.39, 0.29) is 0 Å². The molecular formula is C14H19N5O2S4. The summed E-state index contributed by atoms with van der Waals surface area (Å²) in [7, 11) is 0. The maximum atomic E-state index is 10.7. The summed E-state index contributed by atoms with van der Waals surface area (Å²) in [4.78, 5) is 10.3. The van der Waals surface area contributed by atoms with E-state index < -0.39 is 4.92 Å². The molecule has 0 bridgehead atoms. The van der Waals surface area contributed by atoms with Gasteiger partial charge in [-0.1, -0.05) is 0 Å². The van der Waals surface area contributed by atoms with Gasteiger partial charge in [0.25, 0.3) is 6.20 Å². The Labute approximate surface area is 163 Å². The topological polar surface area (TPSA) is 93.0 Å². The number of hydrogen-bond acceptors (Lipinski definition) is 10. The lowest BCUT2D eigenvalue weighted by atomic mass is 10.5. The molecule has 0 radical (unpaired) electrons. The fourth-order valence-corrected chi connectivity index (χ4v) is 4.52. The first-order valence-corrected chi connectivity index (χ1v) is 11.5. The van der Waals surface area contributed by atoms with Crippen LogP contribution in [0.25, 0.3) is 0 Å². The van der Waals surface area contributed by atoms with Crippen LogP contribution in [0.15, 0.2) is 34.9 Å². The summed E-state index contributed by atoms with van der Waals surface area (Å²) >= 11 is 6.40. The van der Waals surface area contributed by atoms with Gasteiger partial charge in [0.1, 0.15) is 0 Å². The summed E-state index contributed by atoms with van der Waals surface area (Å²) in [6.07, 6.45) is 0.982. The van der Waals surface area contributed by atoms with E-state index in [1.807, 2.05) is 22.9 Å². The first-order chi connectivity index (χ1) is 12.2. The van der Waals surface area contributed by atoms with E-state index in [4.69, 9.17) is 0 Å². The standard InChI is InChI=1S/C14H19N5O2S4/c20-19(21)9-14(15-3-7-22-10-12-1-5-24-17-12)16-4-8-23-11-13-2-6-25-18-13/h1-2,5-6,9,15-16H,3-4,7-8,10-11H2. The molecule has 11 heteroatoms. The minimum atomic E-state index is -0.444. The highest BCUT2D eigenvalue weighted by atomic mass is 32.2.